The highest BCUT2D eigenvalue weighted by Gasteiger charge is 2.37. The van der Waals surface area contributed by atoms with Crippen molar-refractivity contribution in [2.75, 3.05) is 0 Å². The van der Waals surface area contributed by atoms with E-state index >= 15 is 0 Å². The van der Waals surface area contributed by atoms with Crippen molar-refractivity contribution in [2.45, 2.75) is 45.1 Å². The number of nitrogens with zero attached hydrogens (tertiary/aromatic N) is 1. The number of hydrogen-bond acceptors (Lipinski definition) is 2. The van der Waals surface area contributed by atoms with Gasteiger partial charge in [0.1, 0.15) is 5.92 Å². The fourth-order valence-corrected chi connectivity index (χ4v) is 3.85. The third-order valence-corrected chi connectivity index (χ3v) is 5.06. The number of carboxylic acid groups (broad SMARTS) is 1. The van der Waals surface area contributed by atoms with Gasteiger partial charge in [-0.05, 0) is 19.3 Å². The summed E-state index contributed by atoms with van der Waals surface area (Å²) in [5.74, 6) is -1.59. The van der Waals surface area contributed by atoms with Crippen LogP contribution < -0.4 is 0 Å². The molecule has 0 spiro atoms. The molecule has 1 unspecified atom stereocenters. The molecule has 4 nitrogen and oxygen atoms in total. The molecular weight excluding hydrogens is 326 g/mol. The highest BCUT2D eigenvalue weighted by Crippen LogP contribution is 2.41. The summed E-state index contributed by atoms with van der Waals surface area (Å²) in [4.78, 5) is 24.6. The molecule has 2 aromatic rings. The van der Waals surface area contributed by atoms with Crippen molar-refractivity contribution < 1.29 is 14.7 Å². The van der Waals surface area contributed by atoms with E-state index in [1.807, 2.05) is 22.8 Å². The Morgan fingerprint density at radius 3 is 2.62 bits per heavy atom. The van der Waals surface area contributed by atoms with Crippen LogP contribution in [-0.4, -0.2) is 21.4 Å². The molecule has 1 N–H and O–H groups in total. The quantitative estimate of drug-likeness (QED) is 0.794. The Morgan fingerprint density at radius 2 is 2.00 bits per heavy atom. The van der Waals surface area contributed by atoms with Gasteiger partial charge in [0.15, 0.2) is 0 Å². The second-order valence-electron chi connectivity index (χ2n) is 6.16. The van der Waals surface area contributed by atoms with E-state index < -0.39 is 11.9 Å². The van der Waals surface area contributed by atoms with E-state index in [1.165, 1.54) is 0 Å². The fourth-order valence-electron chi connectivity index (χ4n) is 3.44. The van der Waals surface area contributed by atoms with Gasteiger partial charge in [0.25, 0.3) is 0 Å². The molecule has 0 saturated carbocycles. The summed E-state index contributed by atoms with van der Waals surface area (Å²) >= 11 is 6.54. The number of aliphatic carboxylic acids is 1. The number of aromatic nitrogens is 1. The number of rotatable bonds is 6. The summed E-state index contributed by atoms with van der Waals surface area (Å²) in [5, 5.41) is 9.92. The maximum atomic E-state index is 13.1. The number of ketones is 1. The van der Waals surface area contributed by atoms with E-state index in [4.69, 9.17) is 11.6 Å². The van der Waals surface area contributed by atoms with Crippen LogP contribution >= 0.6 is 11.6 Å². The number of halogens is 1. The van der Waals surface area contributed by atoms with Crippen LogP contribution in [0, 0.1) is 0 Å². The van der Waals surface area contributed by atoms with Crippen molar-refractivity contribution in [1.29, 1.82) is 0 Å². The van der Waals surface area contributed by atoms with Gasteiger partial charge in [-0.15, -0.1) is 0 Å². The lowest BCUT2D eigenvalue weighted by atomic mass is 9.99. The minimum atomic E-state index is -0.881. The van der Waals surface area contributed by atoms with Crippen molar-refractivity contribution >= 4 is 23.4 Å². The molecule has 5 heteroatoms. The van der Waals surface area contributed by atoms with E-state index in [9.17, 15) is 14.7 Å². The van der Waals surface area contributed by atoms with E-state index in [-0.39, 0.29) is 5.78 Å². The molecule has 1 aliphatic rings. The zero-order chi connectivity index (χ0) is 17.3. The number of benzene rings is 1. The first kappa shape index (κ1) is 16.8. The molecule has 126 valence electrons. The van der Waals surface area contributed by atoms with E-state index in [0.717, 1.165) is 18.4 Å². The van der Waals surface area contributed by atoms with Gasteiger partial charge in [-0.3, -0.25) is 9.59 Å². The van der Waals surface area contributed by atoms with Crippen molar-refractivity contribution in [3.05, 3.63) is 57.9 Å². The number of hydrogen-bond donors (Lipinski definition) is 1. The molecule has 0 amide bonds. The maximum Gasteiger partial charge on any atom is 0.312 e. The topological polar surface area (TPSA) is 59.3 Å². The molecule has 24 heavy (non-hydrogen) atoms. The molecule has 1 aromatic carbocycles. The van der Waals surface area contributed by atoms with Gasteiger partial charge >= 0.3 is 5.97 Å². The Balaban J connectivity index is 2.14. The lowest BCUT2D eigenvalue weighted by molar-refractivity contribution is -0.138. The highest BCUT2D eigenvalue weighted by molar-refractivity contribution is 6.33. The first-order valence-electron chi connectivity index (χ1n) is 8.29. The maximum absolute atomic E-state index is 13.1. The van der Waals surface area contributed by atoms with Crippen LogP contribution in [0.2, 0.25) is 5.02 Å². The Morgan fingerprint density at radius 1 is 1.29 bits per heavy atom. The van der Waals surface area contributed by atoms with E-state index in [2.05, 4.69) is 6.92 Å². The first-order valence-corrected chi connectivity index (χ1v) is 8.67. The van der Waals surface area contributed by atoms with Gasteiger partial charge < -0.3 is 9.67 Å². The van der Waals surface area contributed by atoms with E-state index in [0.29, 0.717) is 41.4 Å². The van der Waals surface area contributed by atoms with Crippen molar-refractivity contribution in [2.24, 2.45) is 0 Å². The minimum absolute atomic E-state index is 0.0825. The van der Waals surface area contributed by atoms with Gasteiger partial charge in [-0.25, -0.2) is 0 Å². The Kier molecular flexibility index (Phi) is 4.76. The third kappa shape index (κ3) is 2.75. The minimum Gasteiger partial charge on any atom is -0.481 e. The second kappa shape index (κ2) is 6.81. The molecule has 0 saturated heterocycles. The van der Waals surface area contributed by atoms with Gasteiger partial charge in [0.05, 0.1) is 16.4 Å². The molecule has 3 rings (SSSR count). The van der Waals surface area contributed by atoms with Crippen LogP contribution in [0.15, 0.2) is 30.3 Å². The zero-order valence-corrected chi connectivity index (χ0v) is 14.3. The van der Waals surface area contributed by atoms with Crippen LogP contribution in [0.5, 0.6) is 0 Å². The predicted octanol–water partition coefficient (Wildman–Crippen LogP) is 4.29. The van der Waals surface area contributed by atoms with Crippen molar-refractivity contribution in [1.82, 2.24) is 4.57 Å². The Bertz CT molecular complexity index is 780. The average Bonchev–Trinajstić information content (AvgIpc) is 3.13. The van der Waals surface area contributed by atoms with Crippen LogP contribution in [0.3, 0.4) is 0 Å². The van der Waals surface area contributed by atoms with Gasteiger partial charge in [0, 0.05) is 17.7 Å². The monoisotopic (exact) mass is 345 g/mol. The van der Waals surface area contributed by atoms with Crippen LogP contribution in [0.25, 0.3) is 0 Å². The van der Waals surface area contributed by atoms with Crippen molar-refractivity contribution in [3.63, 3.8) is 0 Å². The normalized spacial score (nSPS) is 16.2. The number of fused-ring (bicyclic) bond motifs is 1. The number of carbonyl (C=O) groups excluding carboxylic acids is 1. The molecular formula is C19H20ClNO3. The summed E-state index contributed by atoms with van der Waals surface area (Å²) < 4.78 is 1.83. The molecule has 0 fully saturated rings. The average molecular weight is 346 g/mol. The third-order valence-electron chi connectivity index (χ3n) is 4.64. The predicted molar refractivity (Wildman–Crippen MR) is 92.9 cm³/mol. The fraction of sp³-hybridized carbons (Fsp3) is 0.368. The smallest absolute Gasteiger partial charge is 0.312 e. The lowest BCUT2D eigenvalue weighted by Gasteiger charge is -2.09. The highest BCUT2D eigenvalue weighted by atomic mass is 35.5. The lowest BCUT2D eigenvalue weighted by Crippen LogP contribution is -2.11. The first-order chi connectivity index (χ1) is 11.6. The van der Waals surface area contributed by atoms with Gasteiger partial charge in [-0.1, -0.05) is 55.3 Å². The summed E-state index contributed by atoms with van der Waals surface area (Å²) in [6.45, 7) is 2.60. The van der Waals surface area contributed by atoms with Crippen LogP contribution in [0.1, 0.15) is 59.4 Å². The molecule has 0 radical (unpaired) electrons. The summed E-state index contributed by atoms with van der Waals surface area (Å²) in [6.07, 6.45) is 3.07. The number of carbonyl (C=O) groups is 2. The molecule has 0 aliphatic carbocycles. The molecule has 0 bridgehead atoms. The van der Waals surface area contributed by atoms with Crippen LogP contribution in [-0.2, 0) is 17.8 Å². The standard InChI is InChI=1S/C19H20ClNO3/c1-2-3-9-13-15(20)16-14(19(23)24)10-11-21(16)17(13)18(22)12-7-5-4-6-8-12/h4-8,14H,2-3,9-11H2,1H3,(H,23,24). The summed E-state index contributed by atoms with van der Waals surface area (Å²) in [7, 11) is 0. The Labute approximate surface area is 146 Å². The molecule has 2 heterocycles. The largest absolute Gasteiger partial charge is 0.481 e. The molecule has 1 aromatic heterocycles. The molecule has 1 aliphatic heterocycles. The Hall–Kier alpha value is -2.07. The SMILES string of the molecule is CCCCc1c(Cl)c2n(c1C(=O)c1ccccc1)CCC2C(=O)O. The number of unbranched alkanes of at least 4 members (excludes halogenated alkanes) is 1. The second-order valence-corrected chi connectivity index (χ2v) is 6.53. The van der Waals surface area contributed by atoms with Crippen LogP contribution in [0.4, 0.5) is 0 Å². The van der Waals surface area contributed by atoms with E-state index in [1.54, 1.807) is 12.1 Å². The zero-order valence-electron chi connectivity index (χ0n) is 13.6. The van der Waals surface area contributed by atoms with Gasteiger partial charge in [-0.2, -0.15) is 0 Å². The van der Waals surface area contributed by atoms with Gasteiger partial charge in [0.2, 0.25) is 5.78 Å². The number of carboxylic acids is 1. The summed E-state index contributed by atoms with van der Waals surface area (Å²) in [6, 6.07) is 9.08. The summed E-state index contributed by atoms with van der Waals surface area (Å²) in [5.41, 5.74) is 2.56. The molecule has 1 atom stereocenters. The van der Waals surface area contributed by atoms with Crippen molar-refractivity contribution in [3.8, 4) is 0 Å².